The van der Waals surface area contributed by atoms with Gasteiger partial charge in [0.25, 0.3) is 0 Å². The van der Waals surface area contributed by atoms with E-state index in [2.05, 4.69) is 11.1 Å². The van der Waals surface area contributed by atoms with Crippen LogP contribution < -0.4 is 0 Å². The second-order valence-corrected chi connectivity index (χ2v) is 4.93. The Morgan fingerprint density at radius 2 is 2.42 bits per heavy atom. The van der Waals surface area contributed by atoms with Crippen LogP contribution in [-0.2, 0) is 10.3 Å². The average molecular weight is 264 g/mol. The summed E-state index contributed by atoms with van der Waals surface area (Å²) in [6, 6.07) is 4.90. The minimum atomic E-state index is -1.42. The quantitative estimate of drug-likeness (QED) is 0.908. The highest BCUT2D eigenvalue weighted by atomic mass is 19.1. The summed E-state index contributed by atoms with van der Waals surface area (Å²) in [6.07, 6.45) is 2.65. The molecule has 1 saturated heterocycles. The topological polar surface area (TPSA) is 66.1 Å². The highest BCUT2D eigenvalue weighted by Crippen LogP contribution is 2.46. The summed E-state index contributed by atoms with van der Waals surface area (Å²) in [4.78, 5) is 3.96. The molecule has 1 aromatic heterocycles. The van der Waals surface area contributed by atoms with E-state index in [1.165, 1.54) is 12.1 Å². The van der Waals surface area contributed by atoms with Crippen molar-refractivity contribution in [2.24, 2.45) is 5.41 Å². The molecule has 2 rings (SSSR count). The van der Waals surface area contributed by atoms with Crippen LogP contribution in [0.4, 0.5) is 4.39 Å². The monoisotopic (exact) mass is 264 g/mol. The van der Waals surface area contributed by atoms with Crippen LogP contribution in [0, 0.1) is 22.6 Å². The molecule has 0 bridgehead atoms. The van der Waals surface area contributed by atoms with Crippen LogP contribution in [0.25, 0.3) is 0 Å². The van der Waals surface area contributed by atoms with Crippen LogP contribution >= 0.6 is 0 Å². The van der Waals surface area contributed by atoms with E-state index in [9.17, 15) is 14.8 Å². The van der Waals surface area contributed by atoms with Gasteiger partial charge in [-0.15, -0.1) is 0 Å². The molecule has 0 saturated carbocycles. The summed E-state index contributed by atoms with van der Waals surface area (Å²) in [5.41, 5.74) is -2.12. The Kier molecular flexibility index (Phi) is 3.83. The number of halogens is 1. The zero-order valence-corrected chi connectivity index (χ0v) is 10.9. The van der Waals surface area contributed by atoms with Gasteiger partial charge in [-0.05, 0) is 31.4 Å². The van der Waals surface area contributed by atoms with Crippen LogP contribution in [0.2, 0.25) is 0 Å². The van der Waals surface area contributed by atoms with E-state index >= 15 is 0 Å². The third kappa shape index (κ3) is 2.22. The van der Waals surface area contributed by atoms with Gasteiger partial charge in [-0.1, -0.05) is 6.92 Å². The number of nitrogens with zero attached hydrogens (tertiary/aromatic N) is 2. The predicted octanol–water partition coefficient (Wildman–Crippen LogP) is 2.14. The number of ether oxygens (including phenoxy) is 1. The van der Waals surface area contributed by atoms with Gasteiger partial charge in [0.1, 0.15) is 16.8 Å². The molecule has 0 aromatic carbocycles. The van der Waals surface area contributed by atoms with Crippen molar-refractivity contribution in [3.05, 3.63) is 29.8 Å². The largest absolute Gasteiger partial charge is 0.382 e. The fourth-order valence-corrected chi connectivity index (χ4v) is 2.69. The van der Waals surface area contributed by atoms with Crippen molar-refractivity contribution in [2.75, 3.05) is 13.2 Å². The first-order valence-electron chi connectivity index (χ1n) is 6.41. The molecular formula is C14H17FN2O2. The molecule has 1 aliphatic rings. The predicted molar refractivity (Wildman–Crippen MR) is 66.5 cm³/mol. The second-order valence-electron chi connectivity index (χ2n) is 4.93. The molecule has 1 aromatic rings. The molecule has 2 heterocycles. The van der Waals surface area contributed by atoms with Crippen LogP contribution in [0.3, 0.4) is 0 Å². The van der Waals surface area contributed by atoms with E-state index in [1.807, 2.05) is 0 Å². The molecule has 2 atom stereocenters. The molecule has 102 valence electrons. The van der Waals surface area contributed by atoms with Gasteiger partial charge in [-0.2, -0.15) is 5.26 Å². The first-order chi connectivity index (χ1) is 9.08. The third-order valence-electron chi connectivity index (χ3n) is 3.91. The summed E-state index contributed by atoms with van der Waals surface area (Å²) in [5.74, 6) is -0.465. The van der Waals surface area contributed by atoms with Crippen molar-refractivity contribution < 1.29 is 14.2 Å². The van der Waals surface area contributed by atoms with E-state index in [-0.39, 0.29) is 6.61 Å². The van der Waals surface area contributed by atoms with Gasteiger partial charge in [0.05, 0.1) is 24.6 Å². The Morgan fingerprint density at radius 1 is 1.63 bits per heavy atom. The second kappa shape index (κ2) is 5.24. The SMILES string of the molecule is CCC(O)(c1ccc(F)cn1)C1(C#N)CCCOC1. The van der Waals surface area contributed by atoms with Crippen LogP contribution in [-0.4, -0.2) is 23.3 Å². The van der Waals surface area contributed by atoms with E-state index in [1.54, 1.807) is 6.92 Å². The minimum Gasteiger partial charge on any atom is -0.382 e. The number of rotatable bonds is 3. The van der Waals surface area contributed by atoms with E-state index in [0.717, 1.165) is 12.6 Å². The first kappa shape index (κ1) is 13.9. The number of nitriles is 1. The van der Waals surface area contributed by atoms with Gasteiger partial charge in [0, 0.05) is 6.61 Å². The zero-order chi connectivity index (χ0) is 13.9. The van der Waals surface area contributed by atoms with Crippen LogP contribution in [0.15, 0.2) is 18.3 Å². The van der Waals surface area contributed by atoms with Gasteiger partial charge in [0.15, 0.2) is 0 Å². The molecule has 5 heteroatoms. The molecule has 0 radical (unpaired) electrons. The van der Waals surface area contributed by atoms with Gasteiger partial charge < -0.3 is 9.84 Å². The lowest BCUT2D eigenvalue weighted by atomic mass is 9.66. The Morgan fingerprint density at radius 3 is 2.89 bits per heavy atom. The van der Waals surface area contributed by atoms with Crippen molar-refractivity contribution >= 4 is 0 Å². The number of aliphatic hydroxyl groups is 1. The smallest absolute Gasteiger partial charge is 0.141 e. The molecule has 1 fully saturated rings. The summed E-state index contributed by atoms with van der Waals surface area (Å²) >= 11 is 0. The normalized spacial score (nSPS) is 26.4. The highest BCUT2D eigenvalue weighted by Gasteiger charge is 2.53. The van der Waals surface area contributed by atoms with Gasteiger partial charge in [-0.3, -0.25) is 4.98 Å². The molecule has 2 unspecified atom stereocenters. The van der Waals surface area contributed by atoms with Gasteiger partial charge in [-0.25, -0.2) is 4.39 Å². The first-order valence-corrected chi connectivity index (χ1v) is 6.41. The Bertz CT molecular complexity index is 477. The van der Waals surface area contributed by atoms with Crippen LogP contribution in [0.1, 0.15) is 31.9 Å². The molecule has 19 heavy (non-hydrogen) atoms. The van der Waals surface area contributed by atoms with E-state index in [4.69, 9.17) is 4.74 Å². The Balaban J connectivity index is 2.46. The number of pyridine rings is 1. The molecule has 0 spiro atoms. The number of hydrogen-bond donors (Lipinski definition) is 1. The lowest BCUT2D eigenvalue weighted by Gasteiger charge is -2.43. The summed E-state index contributed by atoms with van der Waals surface area (Å²) in [6.45, 7) is 2.56. The summed E-state index contributed by atoms with van der Waals surface area (Å²) in [7, 11) is 0. The summed E-state index contributed by atoms with van der Waals surface area (Å²) < 4.78 is 18.3. The Hall–Kier alpha value is -1.51. The van der Waals surface area contributed by atoms with Crippen molar-refractivity contribution in [1.82, 2.24) is 4.98 Å². The standard InChI is InChI=1S/C14H17FN2O2/c1-2-14(18,12-5-4-11(15)8-17-12)13(9-16)6-3-7-19-10-13/h4-5,8,18H,2-3,6-7,10H2,1H3. The lowest BCUT2D eigenvalue weighted by molar-refractivity contribution is -0.128. The maximum Gasteiger partial charge on any atom is 0.141 e. The average Bonchev–Trinajstić information content (AvgIpc) is 2.47. The Labute approximate surface area is 111 Å². The lowest BCUT2D eigenvalue weighted by Crippen LogP contribution is -2.50. The molecule has 1 aliphatic heterocycles. The van der Waals surface area contributed by atoms with E-state index < -0.39 is 16.8 Å². The van der Waals surface area contributed by atoms with Crippen molar-refractivity contribution in [3.8, 4) is 6.07 Å². The number of hydrogen-bond acceptors (Lipinski definition) is 4. The fourth-order valence-electron chi connectivity index (χ4n) is 2.69. The van der Waals surface area contributed by atoms with Crippen molar-refractivity contribution in [2.45, 2.75) is 31.8 Å². The summed E-state index contributed by atoms with van der Waals surface area (Å²) in [5, 5.41) is 20.5. The fraction of sp³-hybridized carbons (Fsp3) is 0.571. The molecule has 0 aliphatic carbocycles. The molecular weight excluding hydrogens is 247 g/mol. The third-order valence-corrected chi connectivity index (χ3v) is 3.91. The maximum atomic E-state index is 13.0. The van der Waals surface area contributed by atoms with E-state index in [0.29, 0.717) is 25.1 Å². The van der Waals surface area contributed by atoms with Crippen molar-refractivity contribution in [1.29, 1.82) is 5.26 Å². The van der Waals surface area contributed by atoms with Gasteiger partial charge in [0.2, 0.25) is 0 Å². The molecule has 1 N–H and O–H groups in total. The number of aromatic nitrogens is 1. The zero-order valence-electron chi connectivity index (χ0n) is 10.9. The molecule has 4 nitrogen and oxygen atoms in total. The van der Waals surface area contributed by atoms with Crippen molar-refractivity contribution in [3.63, 3.8) is 0 Å². The highest BCUT2D eigenvalue weighted by molar-refractivity contribution is 5.24. The van der Waals surface area contributed by atoms with Gasteiger partial charge >= 0.3 is 0 Å². The minimum absolute atomic E-state index is 0.174. The maximum absolute atomic E-state index is 13.0. The van der Waals surface area contributed by atoms with Crippen LogP contribution in [0.5, 0.6) is 0 Å². The molecule has 0 amide bonds.